The molecule has 0 aromatic heterocycles. The normalized spacial score (nSPS) is 16.8. The molecule has 2 aromatic rings. The molecule has 0 spiro atoms. The maximum absolute atomic E-state index is 5.64. The Bertz CT molecular complexity index is 495. The Morgan fingerprint density at radius 3 is 1.94 bits per heavy atom. The summed E-state index contributed by atoms with van der Waals surface area (Å²) in [6.07, 6.45) is 2.53. The van der Waals surface area contributed by atoms with Gasteiger partial charge in [0.1, 0.15) is 0 Å². The molecule has 1 nitrogen and oxygen atoms in total. The first-order chi connectivity index (χ1) is 8.35. The van der Waals surface area contributed by atoms with Crippen LogP contribution in [0.4, 0.5) is 0 Å². The third-order valence-corrected chi connectivity index (χ3v) is 3.82. The second-order valence-electron chi connectivity index (χ2n) is 4.85. The van der Waals surface area contributed by atoms with Crippen LogP contribution in [0.15, 0.2) is 54.6 Å². The van der Waals surface area contributed by atoms with Gasteiger partial charge in [0, 0.05) is 12.0 Å². The predicted octanol–water partition coefficient (Wildman–Crippen LogP) is 3.23. The summed E-state index contributed by atoms with van der Waals surface area (Å²) in [6.45, 7) is 0.624. The van der Waals surface area contributed by atoms with Gasteiger partial charge in [-0.3, -0.25) is 0 Å². The molecule has 2 N–H and O–H groups in total. The summed E-state index contributed by atoms with van der Waals surface area (Å²) in [5.41, 5.74) is 10.0. The molecule has 0 heterocycles. The molecule has 1 aliphatic carbocycles. The van der Waals surface area contributed by atoms with E-state index >= 15 is 0 Å². The van der Waals surface area contributed by atoms with E-state index in [2.05, 4.69) is 54.6 Å². The van der Waals surface area contributed by atoms with Crippen molar-refractivity contribution < 1.29 is 0 Å². The van der Waals surface area contributed by atoms with Crippen molar-refractivity contribution in [1.82, 2.24) is 0 Å². The first kappa shape index (κ1) is 10.5. The lowest BCUT2D eigenvalue weighted by Gasteiger charge is -2.16. The van der Waals surface area contributed by atoms with Gasteiger partial charge in [-0.15, -0.1) is 0 Å². The second-order valence-corrected chi connectivity index (χ2v) is 4.85. The van der Waals surface area contributed by atoms with Gasteiger partial charge >= 0.3 is 0 Å². The van der Waals surface area contributed by atoms with Gasteiger partial charge in [-0.25, -0.2) is 0 Å². The minimum Gasteiger partial charge on any atom is -0.326 e. The maximum atomic E-state index is 5.64. The van der Waals surface area contributed by atoms with Gasteiger partial charge in [-0.1, -0.05) is 54.6 Å². The molecule has 0 saturated heterocycles. The van der Waals surface area contributed by atoms with Crippen molar-refractivity contribution in [2.75, 3.05) is 0 Å². The number of hydrogen-bond acceptors (Lipinski definition) is 1. The SMILES string of the molecule is NCc1ccc(C2(c3ccccc3)CC2)cc1. The molecule has 0 atom stereocenters. The van der Waals surface area contributed by atoms with Crippen molar-refractivity contribution in [3.63, 3.8) is 0 Å². The van der Waals surface area contributed by atoms with Crippen LogP contribution in [-0.2, 0) is 12.0 Å². The van der Waals surface area contributed by atoms with Crippen molar-refractivity contribution >= 4 is 0 Å². The van der Waals surface area contributed by atoms with E-state index in [0.717, 1.165) is 0 Å². The van der Waals surface area contributed by atoms with E-state index in [1.54, 1.807) is 0 Å². The van der Waals surface area contributed by atoms with E-state index in [-0.39, 0.29) is 5.41 Å². The van der Waals surface area contributed by atoms with Crippen LogP contribution in [0.25, 0.3) is 0 Å². The molecule has 1 saturated carbocycles. The van der Waals surface area contributed by atoms with E-state index in [0.29, 0.717) is 6.54 Å². The molecule has 86 valence electrons. The lowest BCUT2D eigenvalue weighted by Crippen LogP contribution is -2.08. The van der Waals surface area contributed by atoms with Crippen LogP contribution in [0.1, 0.15) is 29.5 Å². The molecule has 0 amide bonds. The van der Waals surface area contributed by atoms with Crippen molar-refractivity contribution in [2.45, 2.75) is 24.8 Å². The third-order valence-electron chi connectivity index (χ3n) is 3.82. The standard InChI is InChI=1S/C16H17N/c17-12-13-6-8-15(9-7-13)16(10-11-16)14-4-2-1-3-5-14/h1-9H,10-12,17H2. The Morgan fingerprint density at radius 1 is 0.824 bits per heavy atom. The average molecular weight is 223 g/mol. The van der Waals surface area contributed by atoms with Crippen molar-refractivity contribution in [1.29, 1.82) is 0 Å². The molecule has 0 unspecified atom stereocenters. The highest BCUT2D eigenvalue weighted by molar-refractivity contribution is 5.45. The molecule has 0 bridgehead atoms. The van der Waals surface area contributed by atoms with Crippen LogP contribution in [0.5, 0.6) is 0 Å². The fraction of sp³-hybridized carbons (Fsp3) is 0.250. The molecule has 17 heavy (non-hydrogen) atoms. The van der Waals surface area contributed by atoms with E-state index < -0.39 is 0 Å². The zero-order valence-electron chi connectivity index (χ0n) is 9.89. The van der Waals surface area contributed by atoms with Crippen molar-refractivity contribution in [3.05, 3.63) is 71.3 Å². The summed E-state index contributed by atoms with van der Waals surface area (Å²) in [5.74, 6) is 0. The smallest absolute Gasteiger partial charge is 0.0203 e. The number of hydrogen-bond donors (Lipinski definition) is 1. The van der Waals surface area contributed by atoms with E-state index in [9.17, 15) is 0 Å². The van der Waals surface area contributed by atoms with Crippen LogP contribution in [0.2, 0.25) is 0 Å². The number of rotatable bonds is 3. The largest absolute Gasteiger partial charge is 0.326 e. The Labute approximate surface area is 102 Å². The molecule has 1 aliphatic rings. The monoisotopic (exact) mass is 223 g/mol. The molecule has 0 radical (unpaired) electrons. The summed E-state index contributed by atoms with van der Waals surface area (Å²) in [4.78, 5) is 0. The Morgan fingerprint density at radius 2 is 1.41 bits per heavy atom. The zero-order valence-corrected chi connectivity index (χ0v) is 9.89. The highest BCUT2D eigenvalue weighted by atomic mass is 14.5. The maximum Gasteiger partial charge on any atom is 0.0203 e. The van der Waals surface area contributed by atoms with Crippen LogP contribution in [0.3, 0.4) is 0 Å². The summed E-state index contributed by atoms with van der Waals surface area (Å²) in [5, 5.41) is 0. The number of benzene rings is 2. The summed E-state index contributed by atoms with van der Waals surface area (Å²) in [6, 6.07) is 19.6. The van der Waals surface area contributed by atoms with Gasteiger partial charge < -0.3 is 5.73 Å². The van der Waals surface area contributed by atoms with Crippen LogP contribution in [0, 0.1) is 0 Å². The third kappa shape index (κ3) is 1.77. The lowest BCUT2D eigenvalue weighted by molar-refractivity contribution is 0.845. The summed E-state index contributed by atoms with van der Waals surface area (Å²) < 4.78 is 0. The van der Waals surface area contributed by atoms with Crippen molar-refractivity contribution in [2.24, 2.45) is 5.73 Å². The van der Waals surface area contributed by atoms with E-state index in [1.165, 1.54) is 29.5 Å². The van der Waals surface area contributed by atoms with Crippen molar-refractivity contribution in [3.8, 4) is 0 Å². The molecule has 2 aromatic carbocycles. The summed E-state index contributed by atoms with van der Waals surface area (Å²) in [7, 11) is 0. The predicted molar refractivity (Wildman–Crippen MR) is 70.8 cm³/mol. The quantitative estimate of drug-likeness (QED) is 0.849. The molecule has 1 heteroatoms. The van der Waals surface area contributed by atoms with Crippen LogP contribution >= 0.6 is 0 Å². The van der Waals surface area contributed by atoms with Gasteiger partial charge in [0.2, 0.25) is 0 Å². The summed E-state index contributed by atoms with van der Waals surface area (Å²) >= 11 is 0. The van der Waals surface area contributed by atoms with Gasteiger partial charge in [0.05, 0.1) is 0 Å². The lowest BCUT2D eigenvalue weighted by atomic mass is 9.88. The number of nitrogens with two attached hydrogens (primary N) is 1. The van der Waals surface area contributed by atoms with Gasteiger partial charge in [0.15, 0.2) is 0 Å². The van der Waals surface area contributed by atoms with Crippen LogP contribution < -0.4 is 5.73 Å². The Balaban J connectivity index is 1.98. The zero-order chi connectivity index (χ0) is 11.7. The fourth-order valence-corrected chi connectivity index (χ4v) is 2.59. The molecular formula is C16H17N. The average Bonchev–Trinajstić information content (AvgIpc) is 3.21. The molecule has 0 aliphatic heterocycles. The first-order valence-corrected chi connectivity index (χ1v) is 6.20. The molecule has 3 rings (SSSR count). The topological polar surface area (TPSA) is 26.0 Å². The minimum atomic E-state index is 0.286. The highest BCUT2D eigenvalue weighted by Crippen LogP contribution is 2.53. The Hall–Kier alpha value is -1.60. The van der Waals surface area contributed by atoms with Gasteiger partial charge in [-0.05, 0) is 29.5 Å². The first-order valence-electron chi connectivity index (χ1n) is 6.20. The second kappa shape index (κ2) is 4.01. The van der Waals surface area contributed by atoms with E-state index in [4.69, 9.17) is 5.73 Å². The fourth-order valence-electron chi connectivity index (χ4n) is 2.59. The van der Waals surface area contributed by atoms with Crippen LogP contribution in [-0.4, -0.2) is 0 Å². The molecule has 1 fully saturated rings. The minimum absolute atomic E-state index is 0.286. The van der Waals surface area contributed by atoms with Gasteiger partial charge in [-0.2, -0.15) is 0 Å². The Kier molecular flexibility index (Phi) is 2.49. The van der Waals surface area contributed by atoms with E-state index in [1.807, 2.05) is 0 Å². The molecular weight excluding hydrogens is 206 g/mol. The highest BCUT2D eigenvalue weighted by Gasteiger charge is 2.45. The van der Waals surface area contributed by atoms with Gasteiger partial charge in [0.25, 0.3) is 0 Å².